The summed E-state index contributed by atoms with van der Waals surface area (Å²) in [6.07, 6.45) is 4.46. The number of benzene rings is 2. The minimum atomic E-state index is -0.864. The molecule has 26 heavy (non-hydrogen) atoms. The molecule has 0 amide bonds. The Kier molecular flexibility index (Phi) is 6.81. The summed E-state index contributed by atoms with van der Waals surface area (Å²) >= 11 is 0. The molecule has 3 heterocycles. The van der Waals surface area contributed by atoms with Crippen LogP contribution in [-0.4, -0.2) is 35.6 Å². The van der Waals surface area contributed by atoms with Crippen molar-refractivity contribution >= 4 is 5.97 Å². The molecule has 3 aliphatic heterocycles. The third-order valence-electron chi connectivity index (χ3n) is 5.29. The van der Waals surface area contributed by atoms with E-state index in [1.54, 1.807) is 0 Å². The number of carboxylic acid groups (broad SMARTS) is 1. The van der Waals surface area contributed by atoms with Gasteiger partial charge in [0.05, 0.1) is 0 Å². The van der Waals surface area contributed by atoms with Gasteiger partial charge in [0.2, 0.25) is 0 Å². The summed E-state index contributed by atoms with van der Waals surface area (Å²) in [7, 11) is 0. The highest BCUT2D eigenvalue weighted by Crippen LogP contribution is 2.26. The number of hydrogen-bond donors (Lipinski definition) is 2. The SMILES string of the molecule is C1CN2CCC1CC2.O=C(O)C(NCc1ccccc1)c1ccccc1. The zero-order valence-electron chi connectivity index (χ0n) is 15.2. The number of nitrogens with zero attached hydrogens (tertiary/aromatic N) is 1. The summed E-state index contributed by atoms with van der Waals surface area (Å²) in [5.74, 6) is 0.247. The summed E-state index contributed by atoms with van der Waals surface area (Å²) < 4.78 is 0. The molecular weight excluding hydrogens is 324 g/mol. The Morgan fingerprint density at radius 3 is 1.92 bits per heavy atom. The van der Waals surface area contributed by atoms with E-state index in [2.05, 4.69) is 10.2 Å². The number of carbonyl (C=O) groups is 1. The lowest BCUT2D eigenvalue weighted by molar-refractivity contribution is -0.139. The van der Waals surface area contributed by atoms with Gasteiger partial charge in [0, 0.05) is 6.54 Å². The van der Waals surface area contributed by atoms with Gasteiger partial charge in [-0.3, -0.25) is 10.1 Å². The predicted octanol–water partition coefficient (Wildman–Crippen LogP) is 3.70. The van der Waals surface area contributed by atoms with Crippen LogP contribution in [0.5, 0.6) is 0 Å². The first-order valence-corrected chi connectivity index (χ1v) is 9.50. The van der Waals surface area contributed by atoms with Crippen LogP contribution in [0.15, 0.2) is 60.7 Å². The van der Waals surface area contributed by atoms with Gasteiger partial charge < -0.3 is 10.0 Å². The largest absolute Gasteiger partial charge is 0.480 e. The van der Waals surface area contributed by atoms with Gasteiger partial charge in [0.1, 0.15) is 6.04 Å². The fraction of sp³-hybridized carbons (Fsp3) is 0.409. The monoisotopic (exact) mass is 352 g/mol. The summed E-state index contributed by atoms with van der Waals surface area (Å²) in [6, 6.07) is 18.3. The smallest absolute Gasteiger partial charge is 0.325 e. The van der Waals surface area contributed by atoms with Crippen molar-refractivity contribution in [3.8, 4) is 0 Å². The normalized spacial score (nSPS) is 22.2. The van der Waals surface area contributed by atoms with Gasteiger partial charge in [-0.25, -0.2) is 0 Å². The fourth-order valence-electron chi connectivity index (χ4n) is 3.67. The number of nitrogens with one attached hydrogen (secondary N) is 1. The Morgan fingerprint density at radius 2 is 1.50 bits per heavy atom. The first-order valence-electron chi connectivity index (χ1n) is 9.50. The van der Waals surface area contributed by atoms with Gasteiger partial charge in [0.25, 0.3) is 0 Å². The van der Waals surface area contributed by atoms with Gasteiger partial charge in [-0.2, -0.15) is 0 Å². The van der Waals surface area contributed by atoms with Crippen molar-refractivity contribution in [3.05, 3.63) is 71.8 Å². The number of carboxylic acids is 1. The van der Waals surface area contributed by atoms with E-state index in [1.807, 2.05) is 60.7 Å². The molecule has 4 heteroatoms. The molecule has 0 radical (unpaired) electrons. The third-order valence-corrected chi connectivity index (χ3v) is 5.29. The van der Waals surface area contributed by atoms with Gasteiger partial charge in [-0.05, 0) is 55.9 Å². The molecule has 138 valence electrons. The maximum atomic E-state index is 11.3. The highest BCUT2D eigenvalue weighted by molar-refractivity contribution is 5.75. The maximum Gasteiger partial charge on any atom is 0.325 e. The third kappa shape index (κ3) is 5.41. The van der Waals surface area contributed by atoms with Crippen LogP contribution >= 0.6 is 0 Å². The van der Waals surface area contributed by atoms with Crippen LogP contribution in [0.2, 0.25) is 0 Å². The van der Waals surface area contributed by atoms with Crippen LogP contribution in [-0.2, 0) is 11.3 Å². The van der Waals surface area contributed by atoms with E-state index in [0.29, 0.717) is 6.54 Å². The van der Waals surface area contributed by atoms with Crippen LogP contribution in [0.25, 0.3) is 0 Å². The second kappa shape index (κ2) is 9.51. The van der Waals surface area contributed by atoms with Crippen molar-refractivity contribution in [2.45, 2.75) is 31.8 Å². The molecule has 3 aliphatic rings. The maximum absolute atomic E-state index is 11.3. The Labute approximate surface area is 155 Å². The fourth-order valence-corrected chi connectivity index (χ4v) is 3.67. The van der Waals surface area contributed by atoms with Crippen molar-refractivity contribution in [2.24, 2.45) is 5.92 Å². The molecule has 2 N–H and O–H groups in total. The van der Waals surface area contributed by atoms with Crippen molar-refractivity contribution in [3.63, 3.8) is 0 Å². The molecule has 3 fully saturated rings. The molecule has 1 atom stereocenters. The average molecular weight is 352 g/mol. The van der Waals surface area contributed by atoms with Gasteiger partial charge in [0.15, 0.2) is 0 Å². The number of rotatable bonds is 5. The number of piperidine rings is 3. The molecule has 0 spiro atoms. The van der Waals surface area contributed by atoms with Crippen LogP contribution in [0.4, 0.5) is 0 Å². The van der Waals surface area contributed by atoms with Gasteiger partial charge >= 0.3 is 5.97 Å². The van der Waals surface area contributed by atoms with E-state index < -0.39 is 12.0 Å². The lowest BCUT2D eigenvalue weighted by atomic mass is 9.89. The molecule has 0 aromatic heterocycles. The molecule has 3 saturated heterocycles. The second-order valence-electron chi connectivity index (χ2n) is 7.12. The van der Waals surface area contributed by atoms with Crippen molar-refractivity contribution in [1.82, 2.24) is 10.2 Å². The Balaban J connectivity index is 0.000000201. The van der Waals surface area contributed by atoms with E-state index >= 15 is 0 Å². The topological polar surface area (TPSA) is 52.6 Å². The zero-order chi connectivity index (χ0) is 18.2. The summed E-state index contributed by atoms with van der Waals surface area (Å²) in [5, 5.41) is 12.3. The number of hydrogen-bond acceptors (Lipinski definition) is 3. The summed E-state index contributed by atoms with van der Waals surface area (Å²) in [5.41, 5.74) is 1.83. The average Bonchev–Trinajstić information content (AvgIpc) is 2.71. The molecule has 5 rings (SSSR count). The first kappa shape index (κ1) is 18.6. The minimum absolute atomic E-state index is 0.534. The quantitative estimate of drug-likeness (QED) is 0.861. The van der Waals surface area contributed by atoms with Crippen molar-refractivity contribution in [2.75, 3.05) is 19.6 Å². The Hall–Kier alpha value is -2.17. The number of aliphatic carboxylic acids is 1. The van der Waals surface area contributed by atoms with E-state index in [-0.39, 0.29) is 0 Å². The van der Waals surface area contributed by atoms with E-state index in [0.717, 1.165) is 17.0 Å². The number of fused-ring (bicyclic) bond motifs is 3. The molecule has 1 unspecified atom stereocenters. The molecule has 0 aliphatic carbocycles. The second-order valence-corrected chi connectivity index (χ2v) is 7.12. The highest BCUT2D eigenvalue weighted by atomic mass is 16.4. The predicted molar refractivity (Wildman–Crippen MR) is 104 cm³/mol. The van der Waals surface area contributed by atoms with Gasteiger partial charge in [-0.15, -0.1) is 0 Å². The van der Waals surface area contributed by atoms with E-state index in [4.69, 9.17) is 0 Å². The summed E-state index contributed by atoms with van der Waals surface area (Å²) in [6.45, 7) is 4.71. The lowest BCUT2D eigenvalue weighted by Gasteiger charge is -2.38. The summed E-state index contributed by atoms with van der Waals surface area (Å²) in [4.78, 5) is 13.8. The van der Waals surface area contributed by atoms with Crippen molar-refractivity contribution in [1.29, 1.82) is 0 Å². The zero-order valence-corrected chi connectivity index (χ0v) is 15.2. The molecule has 2 aromatic carbocycles. The molecule has 0 saturated carbocycles. The first-order chi connectivity index (χ1) is 12.7. The van der Waals surface area contributed by atoms with Gasteiger partial charge in [-0.1, -0.05) is 60.7 Å². The van der Waals surface area contributed by atoms with Crippen LogP contribution in [0.3, 0.4) is 0 Å². The van der Waals surface area contributed by atoms with Crippen LogP contribution < -0.4 is 5.32 Å². The van der Waals surface area contributed by atoms with Crippen LogP contribution in [0.1, 0.15) is 36.4 Å². The van der Waals surface area contributed by atoms with Crippen LogP contribution in [0, 0.1) is 5.92 Å². The Morgan fingerprint density at radius 1 is 0.962 bits per heavy atom. The molecule has 2 aromatic rings. The lowest BCUT2D eigenvalue weighted by Crippen LogP contribution is -2.41. The highest BCUT2D eigenvalue weighted by Gasteiger charge is 2.24. The standard InChI is InChI=1S/C15H15NO2.C7H13N/c17-15(18)14(13-9-5-2-6-10-13)16-11-12-7-3-1-4-8-12;1-4-8-5-2-7(1)3-6-8/h1-10,14,16H,11H2,(H,17,18);7H,1-6H2. The Bertz CT molecular complexity index is 644. The molecule has 2 bridgehead atoms. The van der Waals surface area contributed by atoms with E-state index in [9.17, 15) is 9.90 Å². The van der Waals surface area contributed by atoms with Crippen molar-refractivity contribution < 1.29 is 9.90 Å². The van der Waals surface area contributed by atoms with E-state index in [1.165, 1.54) is 38.9 Å². The molecule has 4 nitrogen and oxygen atoms in total. The minimum Gasteiger partial charge on any atom is -0.480 e. The molecular formula is C22H28N2O2.